The molecule has 0 radical (unpaired) electrons. The Bertz CT molecular complexity index is 721. The lowest BCUT2D eigenvalue weighted by atomic mass is 10.1. The van der Waals surface area contributed by atoms with E-state index in [0.29, 0.717) is 17.5 Å². The van der Waals surface area contributed by atoms with E-state index in [1.54, 1.807) is 24.3 Å². The summed E-state index contributed by atoms with van der Waals surface area (Å²) in [6.07, 6.45) is -0.0671. The van der Waals surface area contributed by atoms with Crippen LogP contribution in [0.2, 0.25) is 0 Å². The van der Waals surface area contributed by atoms with E-state index in [4.69, 9.17) is 0 Å². The molecule has 22 heavy (non-hydrogen) atoms. The molecule has 2 N–H and O–H groups in total. The molecule has 1 aliphatic rings. The monoisotopic (exact) mass is 295 g/mol. The van der Waals surface area contributed by atoms with Gasteiger partial charge in [0.25, 0.3) is 5.91 Å². The lowest BCUT2D eigenvalue weighted by Crippen LogP contribution is -2.33. The molecule has 0 fully saturated rings. The van der Waals surface area contributed by atoms with Gasteiger partial charge in [-0.15, -0.1) is 0 Å². The Hall–Kier alpha value is -2.46. The molecule has 1 aliphatic carbocycles. The van der Waals surface area contributed by atoms with E-state index in [9.17, 15) is 14.7 Å². The van der Waals surface area contributed by atoms with Gasteiger partial charge in [-0.2, -0.15) is 0 Å². The van der Waals surface area contributed by atoms with Crippen LogP contribution in [0.5, 0.6) is 0 Å². The predicted molar refractivity (Wildman–Crippen MR) is 82.8 cm³/mol. The van der Waals surface area contributed by atoms with E-state index in [2.05, 4.69) is 5.32 Å². The fourth-order valence-electron chi connectivity index (χ4n) is 2.83. The maximum Gasteiger partial charge on any atom is 0.251 e. The molecule has 0 heterocycles. The minimum Gasteiger partial charge on any atom is -0.390 e. The topological polar surface area (TPSA) is 66.4 Å². The van der Waals surface area contributed by atoms with Gasteiger partial charge in [-0.25, -0.2) is 0 Å². The van der Waals surface area contributed by atoms with Crippen molar-refractivity contribution in [3.05, 3.63) is 70.8 Å². The Morgan fingerprint density at radius 3 is 2.36 bits per heavy atom. The Labute approximate surface area is 128 Å². The number of fused-ring (bicyclic) bond motifs is 1. The molecule has 1 amide bonds. The van der Waals surface area contributed by atoms with Gasteiger partial charge in [0.2, 0.25) is 0 Å². The average Bonchev–Trinajstić information content (AvgIpc) is 2.83. The number of hydrogen-bond acceptors (Lipinski definition) is 3. The fraction of sp³-hybridized carbons (Fsp3) is 0.222. The Morgan fingerprint density at radius 2 is 1.68 bits per heavy atom. The number of rotatable bonds is 3. The summed E-state index contributed by atoms with van der Waals surface area (Å²) in [5, 5.41) is 13.0. The molecule has 0 unspecified atom stereocenters. The fourth-order valence-corrected chi connectivity index (χ4v) is 2.83. The number of aliphatic hydroxyl groups is 1. The van der Waals surface area contributed by atoms with Crippen molar-refractivity contribution in [2.24, 2.45) is 0 Å². The maximum atomic E-state index is 12.3. The van der Waals surface area contributed by atoms with Gasteiger partial charge in [0.1, 0.15) is 0 Å². The van der Waals surface area contributed by atoms with Gasteiger partial charge in [0.15, 0.2) is 5.78 Å². The highest BCUT2D eigenvalue weighted by molar-refractivity contribution is 5.97. The lowest BCUT2D eigenvalue weighted by Gasteiger charge is -2.18. The van der Waals surface area contributed by atoms with E-state index in [-0.39, 0.29) is 11.7 Å². The van der Waals surface area contributed by atoms with Gasteiger partial charge in [-0.1, -0.05) is 36.4 Å². The number of carbonyl (C=O) groups is 2. The summed E-state index contributed by atoms with van der Waals surface area (Å²) in [6, 6.07) is 13.8. The third-order valence-corrected chi connectivity index (χ3v) is 4.04. The van der Waals surface area contributed by atoms with Gasteiger partial charge in [0.05, 0.1) is 12.1 Å². The van der Waals surface area contributed by atoms with Crippen molar-refractivity contribution in [2.75, 3.05) is 0 Å². The second-order valence-electron chi connectivity index (χ2n) is 5.55. The van der Waals surface area contributed by atoms with Gasteiger partial charge in [0, 0.05) is 17.5 Å². The minimum atomic E-state index is -0.613. The number of amides is 1. The first-order chi connectivity index (χ1) is 10.6. The largest absolute Gasteiger partial charge is 0.390 e. The summed E-state index contributed by atoms with van der Waals surface area (Å²) >= 11 is 0. The van der Waals surface area contributed by atoms with Crippen LogP contribution in [-0.4, -0.2) is 22.9 Å². The zero-order valence-corrected chi connectivity index (χ0v) is 12.2. The summed E-state index contributed by atoms with van der Waals surface area (Å²) in [7, 11) is 0. The van der Waals surface area contributed by atoms with Crippen LogP contribution in [-0.2, 0) is 6.42 Å². The summed E-state index contributed by atoms with van der Waals surface area (Å²) in [4.78, 5) is 23.6. The van der Waals surface area contributed by atoms with Crippen molar-refractivity contribution in [1.29, 1.82) is 0 Å². The number of nitrogens with one attached hydrogen (secondary N) is 1. The summed E-state index contributed by atoms with van der Waals surface area (Å²) in [5.41, 5.74) is 3.07. The van der Waals surface area contributed by atoms with E-state index < -0.39 is 12.1 Å². The van der Waals surface area contributed by atoms with E-state index in [0.717, 1.165) is 11.1 Å². The summed E-state index contributed by atoms with van der Waals surface area (Å²) in [5.74, 6) is -0.289. The van der Waals surface area contributed by atoms with Crippen molar-refractivity contribution in [1.82, 2.24) is 5.32 Å². The number of ketones is 1. The molecule has 3 rings (SSSR count). The third-order valence-electron chi connectivity index (χ3n) is 4.04. The van der Waals surface area contributed by atoms with Crippen LogP contribution in [0.4, 0.5) is 0 Å². The van der Waals surface area contributed by atoms with Crippen LogP contribution in [0.25, 0.3) is 0 Å². The predicted octanol–water partition coefficient (Wildman–Crippen LogP) is 2.28. The first-order valence-electron chi connectivity index (χ1n) is 7.24. The number of aliphatic hydroxyl groups excluding tert-OH is 1. The zero-order chi connectivity index (χ0) is 15.7. The number of carbonyl (C=O) groups excluding carboxylic acids is 2. The quantitative estimate of drug-likeness (QED) is 0.854. The van der Waals surface area contributed by atoms with Crippen LogP contribution < -0.4 is 5.32 Å². The van der Waals surface area contributed by atoms with Gasteiger partial charge < -0.3 is 10.4 Å². The molecule has 0 aliphatic heterocycles. The molecule has 2 atom stereocenters. The summed E-state index contributed by atoms with van der Waals surface area (Å²) in [6.45, 7) is 1.49. The first-order valence-corrected chi connectivity index (χ1v) is 7.24. The Balaban J connectivity index is 1.78. The first kappa shape index (κ1) is 14.5. The second-order valence-corrected chi connectivity index (χ2v) is 5.55. The Kier molecular flexibility index (Phi) is 3.77. The van der Waals surface area contributed by atoms with E-state index in [1.807, 2.05) is 24.3 Å². The standard InChI is InChI=1S/C18H17NO3/c1-11(20)12-6-8-13(9-7-12)18(22)19-17-15-5-3-2-4-14(15)10-16(17)21/h2-9,16-17,21H,10H2,1H3,(H,19,22)/t16-,17+/m1/s1. The number of hydrogen-bond donors (Lipinski definition) is 2. The molecule has 0 saturated carbocycles. The van der Waals surface area contributed by atoms with Crippen LogP contribution in [0, 0.1) is 0 Å². The maximum absolute atomic E-state index is 12.3. The molecule has 0 spiro atoms. The zero-order valence-electron chi connectivity index (χ0n) is 12.2. The molecule has 2 aromatic carbocycles. The molecule has 0 bridgehead atoms. The van der Waals surface area contributed by atoms with Gasteiger partial charge in [-0.05, 0) is 30.2 Å². The van der Waals surface area contributed by atoms with Crippen LogP contribution >= 0.6 is 0 Å². The van der Waals surface area contributed by atoms with Gasteiger partial charge >= 0.3 is 0 Å². The third kappa shape index (κ3) is 2.65. The lowest BCUT2D eigenvalue weighted by molar-refractivity contribution is 0.0857. The molecule has 2 aromatic rings. The van der Waals surface area contributed by atoms with Crippen LogP contribution in [0.3, 0.4) is 0 Å². The second kappa shape index (κ2) is 5.73. The normalized spacial score (nSPS) is 19.5. The number of benzene rings is 2. The molecular weight excluding hydrogens is 278 g/mol. The minimum absolute atomic E-state index is 0.0351. The molecule has 4 heteroatoms. The molecule has 112 valence electrons. The molecule has 0 aromatic heterocycles. The average molecular weight is 295 g/mol. The van der Waals surface area contributed by atoms with Crippen LogP contribution in [0.15, 0.2) is 48.5 Å². The highest BCUT2D eigenvalue weighted by Crippen LogP contribution is 2.31. The smallest absolute Gasteiger partial charge is 0.251 e. The Morgan fingerprint density at radius 1 is 1.05 bits per heavy atom. The molecule has 4 nitrogen and oxygen atoms in total. The van der Waals surface area contributed by atoms with Crippen molar-refractivity contribution in [3.63, 3.8) is 0 Å². The highest BCUT2D eigenvalue weighted by atomic mass is 16.3. The SMILES string of the molecule is CC(=O)c1ccc(C(=O)N[C@H]2c3ccccc3C[C@H]2O)cc1. The van der Waals surface area contributed by atoms with Gasteiger partial charge in [-0.3, -0.25) is 9.59 Å². The van der Waals surface area contributed by atoms with E-state index in [1.165, 1.54) is 6.92 Å². The molecular formula is C18H17NO3. The highest BCUT2D eigenvalue weighted by Gasteiger charge is 2.31. The van der Waals surface area contributed by atoms with Crippen LogP contribution in [0.1, 0.15) is 44.8 Å². The summed E-state index contributed by atoms with van der Waals surface area (Å²) < 4.78 is 0. The van der Waals surface area contributed by atoms with E-state index >= 15 is 0 Å². The molecule has 0 saturated heterocycles. The van der Waals surface area contributed by atoms with Crippen molar-refractivity contribution in [2.45, 2.75) is 25.5 Å². The van der Waals surface area contributed by atoms with Crippen molar-refractivity contribution < 1.29 is 14.7 Å². The van der Waals surface area contributed by atoms with Crippen molar-refractivity contribution in [3.8, 4) is 0 Å². The van der Waals surface area contributed by atoms with Crippen molar-refractivity contribution >= 4 is 11.7 Å². The number of Topliss-reactive ketones (excluding diaryl/α,β-unsaturated/α-hetero) is 1.